The standard InChI is InChI=1S/C14H13ClN2O2S/c1-20-12-5-2-10(3-6-12)9-16-14-7-4-11(17(18)19)8-13(14)15/h2-8,16H,9H2,1H3. The van der Waals surface area contributed by atoms with Crippen LogP contribution < -0.4 is 5.32 Å². The van der Waals surface area contributed by atoms with Crippen molar-refractivity contribution >= 4 is 34.7 Å². The number of benzene rings is 2. The van der Waals surface area contributed by atoms with Gasteiger partial charge in [-0.05, 0) is 30.0 Å². The molecule has 0 aliphatic heterocycles. The Morgan fingerprint density at radius 2 is 1.95 bits per heavy atom. The van der Waals surface area contributed by atoms with E-state index in [1.807, 2.05) is 18.4 Å². The first-order valence-electron chi connectivity index (χ1n) is 5.91. The summed E-state index contributed by atoms with van der Waals surface area (Å²) in [5.74, 6) is 0. The average Bonchev–Trinajstić information content (AvgIpc) is 2.46. The quantitative estimate of drug-likeness (QED) is 0.499. The highest BCUT2D eigenvalue weighted by atomic mass is 35.5. The van der Waals surface area contributed by atoms with Crippen LogP contribution in [0.4, 0.5) is 11.4 Å². The molecule has 0 saturated heterocycles. The Bertz CT molecular complexity index is 617. The molecule has 6 heteroatoms. The number of hydrogen-bond acceptors (Lipinski definition) is 4. The van der Waals surface area contributed by atoms with Crippen molar-refractivity contribution in [1.29, 1.82) is 0 Å². The number of anilines is 1. The fourth-order valence-electron chi connectivity index (χ4n) is 1.70. The van der Waals surface area contributed by atoms with Crippen LogP contribution in [0.5, 0.6) is 0 Å². The first kappa shape index (κ1) is 14.7. The number of non-ortho nitro benzene ring substituents is 1. The summed E-state index contributed by atoms with van der Waals surface area (Å²) in [6.45, 7) is 0.617. The summed E-state index contributed by atoms with van der Waals surface area (Å²) < 4.78 is 0. The molecule has 0 saturated carbocycles. The third-order valence-electron chi connectivity index (χ3n) is 2.81. The van der Waals surface area contributed by atoms with Gasteiger partial charge in [-0.2, -0.15) is 0 Å². The number of nitro groups is 1. The van der Waals surface area contributed by atoms with Crippen LogP contribution in [0.2, 0.25) is 5.02 Å². The van der Waals surface area contributed by atoms with Crippen LogP contribution in [0.25, 0.3) is 0 Å². The van der Waals surface area contributed by atoms with Crippen molar-refractivity contribution < 1.29 is 4.92 Å². The highest BCUT2D eigenvalue weighted by Gasteiger charge is 2.09. The Hall–Kier alpha value is -1.72. The second-order valence-corrected chi connectivity index (χ2v) is 5.41. The van der Waals surface area contributed by atoms with E-state index in [0.717, 1.165) is 5.56 Å². The monoisotopic (exact) mass is 308 g/mol. The molecule has 0 aliphatic rings. The number of halogens is 1. The van der Waals surface area contributed by atoms with Crippen LogP contribution in [0, 0.1) is 10.1 Å². The van der Waals surface area contributed by atoms with E-state index in [1.165, 1.54) is 17.0 Å². The molecule has 0 spiro atoms. The molecule has 2 rings (SSSR count). The van der Waals surface area contributed by atoms with Gasteiger partial charge in [-0.25, -0.2) is 0 Å². The van der Waals surface area contributed by atoms with E-state index in [4.69, 9.17) is 11.6 Å². The lowest BCUT2D eigenvalue weighted by Crippen LogP contribution is -2.00. The van der Waals surface area contributed by atoms with E-state index < -0.39 is 4.92 Å². The Morgan fingerprint density at radius 1 is 1.25 bits per heavy atom. The largest absolute Gasteiger partial charge is 0.380 e. The first-order chi connectivity index (χ1) is 9.60. The minimum Gasteiger partial charge on any atom is -0.380 e. The van der Waals surface area contributed by atoms with Gasteiger partial charge in [-0.15, -0.1) is 11.8 Å². The minimum atomic E-state index is -0.462. The zero-order valence-corrected chi connectivity index (χ0v) is 12.4. The van der Waals surface area contributed by atoms with E-state index in [-0.39, 0.29) is 5.69 Å². The normalized spacial score (nSPS) is 10.3. The van der Waals surface area contributed by atoms with Gasteiger partial charge in [0.15, 0.2) is 0 Å². The summed E-state index contributed by atoms with van der Waals surface area (Å²) in [5.41, 5.74) is 1.80. The van der Waals surface area contributed by atoms with Crippen molar-refractivity contribution in [3.8, 4) is 0 Å². The van der Waals surface area contributed by atoms with Crippen molar-refractivity contribution in [3.05, 3.63) is 63.2 Å². The van der Waals surface area contributed by atoms with Gasteiger partial charge in [-0.1, -0.05) is 23.7 Å². The van der Waals surface area contributed by atoms with Crippen molar-refractivity contribution in [2.24, 2.45) is 0 Å². The molecule has 4 nitrogen and oxygen atoms in total. The average molecular weight is 309 g/mol. The highest BCUT2D eigenvalue weighted by molar-refractivity contribution is 7.98. The second kappa shape index (κ2) is 6.63. The predicted molar refractivity (Wildman–Crippen MR) is 83.7 cm³/mol. The van der Waals surface area contributed by atoms with Gasteiger partial charge < -0.3 is 5.32 Å². The van der Waals surface area contributed by atoms with E-state index >= 15 is 0 Å². The van der Waals surface area contributed by atoms with Crippen LogP contribution in [0.3, 0.4) is 0 Å². The molecule has 0 heterocycles. The summed E-state index contributed by atoms with van der Waals surface area (Å²) in [6, 6.07) is 12.6. The number of nitrogens with zero attached hydrogens (tertiary/aromatic N) is 1. The third kappa shape index (κ3) is 3.65. The Balaban J connectivity index is 2.04. The number of thioether (sulfide) groups is 1. The van der Waals surface area contributed by atoms with Crippen molar-refractivity contribution in [2.45, 2.75) is 11.4 Å². The lowest BCUT2D eigenvalue weighted by molar-refractivity contribution is -0.384. The van der Waals surface area contributed by atoms with Crippen LogP contribution >= 0.6 is 23.4 Å². The fourth-order valence-corrected chi connectivity index (χ4v) is 2.35. The maximum atomic E-state index is 10.6. The Morgan fingerprint density at radius 3 is 2.50 bits per heavy atom. The molecule has 2 aromatic rings. The molecule has 0 radical (unpaired) electrons. The molecule has 0 unspecified atom stereocenters. The molecule has 104 valence electrons. The smallest absolute Gasteiger partial charge is 0.271 e. The van der Waals surface area contributed by atoms with Crippen molar-refractivity contribution in [3.63, 3.8) is 0 Å². The van der Waals surface area contributed by atoms with E-state index in [1.54, 1.807) is 17.8 Å². The topological polar surface area (TPSA) is 55.2 Å². The van der Waals surface area contributed by atoms with Gasteiger partial charge in [-0.3, -0.25) is 10.1 Å². The lowest BCUT2D eigenvalue weighted by atomic mass is 10.2. The summed E-state index contributed by atoms with van der Waals surface area (Å²) >= 11 is 7.71. The first-order valence-corrected chi connectivity index (χ1v) is 7.51. The van der Waals surface area contributed by atoms with Crippen LogP contribution in [-0.4, -0.2) is 11.2 Å². The SMILES string of the molecule is CSc1ccc(CNc2ccc([N+](=O)[O-])cc2Cl)cc1. The summed E-state index contributed by atoms with van der Waals surface area (Å²) in [7, 11) is 0. The predicted octanol–water partition coefficient (Wildman–Crippen LogP) is 4.58. The van der Waals surface area contributed by atoms with E-state index in [9.17, 15) is 10.1 Å². The molecule has 0 atom stereocenters. The Labute approximate surface area is 126 Å². The Kier molecular flexibility index (Phi) is 4.87. The van der Waals surface area contributed by atoms with Gasteiger partial charge in [0.2, 0.25) is 0 Å². The lowest BCUT2D eigenvalue weighted by Gasteiger charge is -2.08. The molecule has 1 N–H and O–H groups in total. The summed E-state index contributed by atoms with van der Waals surface area (Å²) in [4.78, 5) is 11.4. The van der Waals surface area contributed by atoms with Crippen molar-refractivity contribution in [1.82, 2.24) is 0 Å². The molecule has 20 heavy (non-hydrogen) atoms. The van der Waals surface area contributed by atoms with E-state index in [2.05, 4.69) is 17.4 Å². The number of hydrogen-bond donors (Lipinski definition) is 1. The molecule has 0 aromatic heterocycles. The highest BCUT2D eigenvalue weighted by Crippen LogP contribution is 2.27. The van der Waals surface area contributed by atoms with Gasteiger partial charge in [0.05, 0.1) is 15.6 Å². The van der Waals surface area contributed by atoms with Gasteiger partial charge in [0.1, 0.15) is 0 Å². The van der Waals surface area contributed by atoms with Gasteiger partial charge >= 0.3 is 0 Å². The maximum absolute atomic E-state index is 10.6. The zero-order chi connectivity index (χ0) is 14.5. The molecular weight excluding hydrogens is 296 g/mol. The summed E-state index contributed by atoms with van der Waals surface area (Å²) in [6.07, 6.45) is 2.03. The van der Waals surface area contributed by atoms with Crippen LogP contribution in [-0.2, 0) is 6.54 Å². The van der Waals surface area contributed by atoms with Crippen LogP contribution in [0.15, 0.2) is 47.4 Å². The molecular formula is C14H13ClN2O2S. The molecule has 0 fully saturated rings. The minimum absolute atomic E-state index is 0.00938. The molecule has 0 aliphatic carbocycles. The molecule has 0 bridgehead atoms. The third-order valence-corrected chi connectivity index (χ3v) is 3.86. The maximum Gasteiger partial charge on any atom is 0.271 e. The zero-order valence-electron chi connectivity index (χ0n) is 10.8. The van der Waals surface area contributed by atoms with E-state index in [0.29, 0.717) is 17.3 Å². The number of nitro benzene ring substituents is 1. The molecule has 2 aromatic carbocycles. The van der Waals surface area contributed by atoms with Crippen molar-refractivity contribution in [2.75, 3.05) is 11.6 Å². The number of nitrogens with one attached hydrogen (secondary N) is 1. The fraction of sp³-hybridized carbons (Fsp3) is 0.143. The molecule has 0 amide bonds. The van der Waals surface area contributed by atoms with Gasteiger partial charge in [0.25, 0.3) is 5.69 Å². The second-order valence-electron chi connectivity index (χ2n) is 4.12. The number of rotatable bonds is 5. The summed E-state index contributed by atoms with van der Waals surface area (Å²) in [5, 5.41) is 14.1. The van der Waals surface area contributed by atoms with Crippen LogP contribution in [0.1, 0.15) is 5.56 Å². The van der Waals surface area contributed by atoms with Gasteiger partial charge in [0, 0.05) is 23.6 Å².